The Balaban J connectivity index is 1.89. The van der Waals surface area contributed by atoms with E-state index >= 15 is 0 Å². The van der Waals surface area contributed by atoms with Gasteiger partial charge in [0, 0.05) is 12.2 Å². The maximum atomic E-state index is 5.44. The number of anilines is 1. The van der Waals surface area contributed by atoms with Gasteiger partial charge in [0.1, 0.15) is 12.7 Å². The van der Waals surface area contributed by atoms with E-state index in [-0.39, 0.29) is 0 Å². The first-order chi connectivity index (χ1) is 8.38. The Morgan fingerprint density at radius 1 is 1.24 bits per heavy atom. The Kier molecular flexibility index (Phi) is 4.10. The third-order valence-corrected chi connectivity index (χ3v) is 2.48. The van der Waals surface area contributed by atoms with Crippen LogP contribution >= 0.6 is 0 Å². The molecule has 0 aliphatic carbocycles. The van der Waals surface area contributed by atoms with Gasteiger partial charge in [0.25, 0.3) is 0 Å². The zero-order chi connectivity index (χ0) is 11.9. The zero-order valence-corrected chi connectivity index (χ0v) is 9.71. The van der Waals surface area contributed by atoms with Crippen molar-refractivity contribution in [2.45, 2.75) is 13.0 Å². The number of aromatic nitrogens is 3. The summed E-state index contributed by atoms with van der Waals surface area (Å²) in [5.41, 5.74) is 7.77. The summed E-state index contributed by atoms with van der Waals surface area (Å²) in [5.74, 6) is 0. The van der Waals surface area contributed by atoms with E-state index in [4.69, 9.17) is 5.73 Å². The van der Waals surface area contributed by atoms with E-state index in [0.717, 1.165) is 31.7 Å². The maximum absolute atomic E-state index is 5.44. The first-order valence-corrected chi connectivity index (χ1v) is 5.74. The van der Waals surface area contributed by atoms with E-state index in [9.17, 15) is 0 Å². The lowest BCUT2D eigenvalue weighted by Crippen LogP contribution is -2.08. The monoisotopic (exact) mass is 231 g/mol. The summed E-state index contributed by atoms with van der Waals surface area (Å²) in [6.45, 7) is 2.39. The molecule has 1 aromatic carbocycles. The van der Waals surface area contributed by atoms with Gasteiger partial charge < -0.3 is 11.1 Å². The minimum Gasteiger partial charge on any atom is -0.385 e. The van der Waals surface area contributed by atoms with Gasteiger partial charge in [-0.05, 0) is 30.7 Å². The molecule has 0 unspecified atom stereocenters. The van der Waals surface area contributed by atoms with E-state index in [1.54, 1.807) is 17.3 Å². The molecule has 0 aliphatic rings. The third-order valence-electron chi connectivity index (χ3n) is 2.48. The predicted octanol–water partition coefficient (Wildman–Crippen LogP) is 1.09. The van der Waals surface area contributed by atoms with Crippen molar-refractivity contribution in [2.24, 2.45) is 5.73 Å². The molecule has 0 fully saturated rings. The van der Waals surface area contributed by atoms with Crippen molar-refractivity contribution in [3.8, 4) is 0 Å². The van der Waals surface area contributed by atoms with E-state index in [1.807, 2.05) is 0 Å². The van der Waals surface area contributed by atoms with Gasteiger partial charge >= 0.3 is 0 Å². The van der Waals surface area contributed by atoms with Crippen molar-refractivity contribution >= 4 is 5.69 Å². The molecule has 2 rings (SSSR count). The van der Waals surface area contributed by atoms with Crippen LogP contribution in [0.25, 0.3) is 0 Å². The molecule has 5 nitrogen and oxygen atoms in total. The Bertz CT molecular complexity index is 421. The van der Waals surface area contributed by atoms with Crippen LogP contribution in [0, 0.1) is 0 Å². The van der Waals surface area contributed by atoms with Gasteiger partial charge in [-0.15, -0.1) is 0 Å². The highest BCUT2D eigenvalue weighted by Gasteiger charge is 1.96. The predicted molar refractivity (Wildman–Crippen MR) is 67.7 cm³/mol. The molecule has 0 amide bonds. The van der Waals surface area contributed by atoms with Crippen LogP contribution in [0.3, 0.4) is 0 Å². The molecule has 0 aliphatic heterocycles. The van der Waals surface area contributed by atoms with Gasteiger partial charge in [0.15, 0.2) is 0 Å². The van der Waals surface area contributed by atoms with E-state index in [0.29, 0.717) is 0 Å². The number of rotatable bonds is 6. The summed E-state index contributed by atoms with van der Waals surface area (Å²) in [4.78, 5) is 3.91. The first kappa shape index (κ1) is 11.6. The number of nitrogens with one attached hydrogen (secondary N) is 1. The molecule has 0 saturated heterocycles. The first-order valence-electron chi connectivity index (χ1n) is 5.74. The second kappa shape index (κ2) is 6.00. The van der Waals surface area contributed by atoms with Crippen LogP contribution < -0.4 is 11.1 Å². The molecule has 5 heteroatoms. The lowest BCUT2D eigenvalue weighted by molar-refractivity contribution is 0.685. The van der Waals surface area contributed by atoms with Crippen molar-refractivity contribution < 1.29 is 0 Å². The maximum Gasteiger partial charge on any atom is 0.137 e. The number of benzene rings is 1. The van der Waals surface area contributed by atoms with Gasteiger partial charge in [0.2, 0.25) is 0 Å². The molecule has 2 aromatic rings. The third kappa shape index (κ3) is 3.57. The van der Waals surface area contributed by atoms with Crippen LogP contribution in [0.15, 0.2) is 36.9 Å². The summed E-state index contributed by atoms with van der Waals surface area (Å²) < 4.78 is 1.80. The van der Waals surface area contributed by atoms with Crippen LogP contribution in [-0.2, 0) is 6.54 Å². The van der Waals surface area contributed by atoms with Gasteiger partial charge in [-0.1, -0.05) is 12.1 Å². The minimum atomic E-state index is 0.720. The van der Waals surface area contributed by atoms with E-state index in [2.05, 4.69) is 39.7 Å². The number of nitrogens with two attached hydrogens (primary N) is 1. The van der Waals surface area contributed by atoms with Gasteiger partial charge in [-0.25, -0.2) is 9.67 Å². The molecule has 0 radical (unpaired) electrons. The molecule has 1 aromatic heterocycles. The lowest BCUT2D eigenvalue weighted by atomic mass is 10.2. The summed E-state index contributed by atoms with van der Waals surface area (Å²) in [5, 5.41) is 7.39. The van der Waals surface area contributed by atoms with Gasteiger partial charge in [0.05, 0.1) is 6.54 Å². The van der Waals surface area contributed by atoms with Crippen LogP contribution in [0.2, 0.25) is 0 Å². The SMILES string of the molecule is NCCCNc1ccc(Cn2cncn2)cc1. The molecule has 3 N–H and O–H groups in total. The second-order valence-corrected chi connectivity index (χ2v) is 3.86. The summed E-state index contributed by atoms with van der Waals surface area (Å²) in [6.07, 6.45) is 4.25. The van der Waals surface area contributed by atoms with E-state index < -0.39 is 0 Å². The molecule has 0 spiro atoms. The summed E-state index contributed by atoms with van der Waals surface area (Å²) in [7, 11) is 0. The largest absolute Gasteiger partial charge is 0.385 e. The van der Waals surface area contributed by atoms with Crippen molar-refractivity contribution in [1.82, 2.24) is 14.8 Å². The molecule has 0 atom stereocenters. The highest BCUT2D eigenvalue weighted by Crippen LogP contribution is 2.10. The van der Waals surface area contributed by atoms with Crippen LogP contribution in [0.4, 0.5) is 5.69 Å². The summed E-state index contributed by atoms with van der Waals surface area (Å²) >= 11 is 0. The van der Waals surface area contributed by atoms with Crippen LogP contribution in [0.1, 0.15) is 12.0 Å². The fourth-order valence-electron chi connectivity index (χ4n) is 1.56. The minimum absolute atomic E-state index is 0.720. The van der Waals surface area contributed by atoms with Gasteiger partial charge in [-0.3, -0.25) is 0 Å². The van der Waals surface area contributed by atoms with Gasteiger partial charge in [-0.2, -0.15) is 5.10 Å². The molecular formula is C12H17N5. The molecular weight excluding hydrogens is 214 g/mol. The highest BCUT2D eigenvalue weighted by molar-refractivity contribution is 5.44. The smallest absolute Gasteiger partial charge is 0.137 e. The standard InChI is InChI=1S/C12H17N5/c13-6-1-7-15-12-4-2-11(3-5-12)8-17-10-14-9-16-17/h2-5,9-10,15H,1,6-8,13H2. The number of hydrogen-bond donors (Lipinski definition) is 2. The topological polar surface area (TPSA) is 68.8 Å². The quantitative estimate of drug-likeness (QED) is 0.730. The normalized spacial score (nSPS) is 10.4. The molecule has 17 heavy (non-hydrogen) atoms. The molecule has 90 valence electrons. The average molecular weight is 231 g/mol. The Labute approximate surface area is 101 Å². The highest BCUT2D eigenvalue weighted by atomic mass is 15.3. The Morgan fingerprint density at radius 2 is 2.06 bits per heavy atom. The lowest BCUT2D eigenvalue weighted by Gasteiger charge is -2.06. The molecule has 1 heterocycles. The number of nitrogens with zero attached hydrogens (tertiary/aromatic N) is 3. The fraction of sp³-hybridized carbons (Fsp3) is 0.333. The second-order valence-electron chi connectivity index (χ2n) is 3.86. The van der Waals surface area contributed by atoms with Crippen molar-refractivity contribution in [2.75, 3.05) is 18.4 Å². The average Bonchev–Trinajstić information content (AvgIpc) is 2.85. The van der Waals surface area contributed by atoms with Crippen LogP contribution in [-0.4, -0.2) is 27.9 Å². The Morgan fingerprint density at radius 3 is 2.71 bits per heavy atom. The van der Waals surface area contributed by atoms with Crippen molar-refractivity contribution in [1.29, 1.82) is 0 Å². The summed E-state index contributed by atoms with van der Waals surface area (Å²) in [6, 6.07) is 8.32. The van der Waals surface area contributed by atoms with Crippen LogP contribution in [0.5, 0.6) is 0 Å². The number of hydrogen-bond acceptors (Lipinski definition) is 4. The molecule has 0 saturated carbocycles. The Hall–Kier alpha value is -1.88. The zero-order valence-electron chi connectivity index (χ0n) is 9.71. The van der Waals surface area contributed by atoms with Crippen molar-refractivity contribution in [3.05, 3.63) is 42.5 Å². The fourth-order valence-corrected chi connectivity index (χ4v) is 1.56. The van der Waals surface area contributed by atoms with E-state index in [1.165, 1.54) is 5.56 Å². The van der Waals surface area contributed by atoms with Crippen molar-refractivity contribution in [3.63, 3.8) is 0 Å². The molecule has 0 bridgehead atoms.